The quantitative estimate of drug-likeness (QED) is 0.869. The maximum Gasteiger partial charge on any atom is 0.103 e. The third-order valence-corrected chi connectivity index (χ3v) is 5.15. The smallest absolute Gasteiger partial charge is 0.103 e. The van der Waals surface area contributed by atoms with Gasteiger partial charge in [-0.05, 0) is 37.9 Å². The number of hydrogen-bond donors (Lipinski definition) is 1. The van der Waals surface area contributed by atoms with Crippen molar-refractivity contribution in [2.45, 2.75) is 44.8 Å². The van der Waals surface area contributed by atoms with Crippen LogP contribution in [-0.2, 0) is 6.54 Å². The summed E-state index contributed by atoms with van der Waals surface area (Å²) >= 11 is 5.08. The molecule has 21 heavy (non-hydrogen) atoms. The van der Waals surface area contributed by atoms with Gasteiger partial charge in [-0.15, -0.1) is 0 Å². The summed E-state index contributed by atoms with van der Waals surface area (Å²) in [6.07, 6.45) is 4.12. The first kappa shape index (κ1) is 14.9. The predicted molar refractivity (Wildman–Crippen MR) is 91.4 cm³/mol. The van der Waals surface area contributed by atoms with Gasteiger partial charge in [0.15, 0.2) is 0 Å². The Kier molecular flexibility index (Phi) is 4.57. The molecule has 2 fully saturated rings. The van der Waals surface area contributed by atoms with Crippen molar-refractivity contribution in [3.63, 3.8) is 0 Å². The normalized spacial score (nSPS) is 27.3. The molecule has 0 amide bonds. The van der Waals surface area contributed by atoms with Gasteiger partial charge in [0.2, 0.25) is 0 Å². The molecular weight excluding hydrogens is 278 g/mol. The molecule has 0 aliphatic carbocycles. The van der Waals surface area contributed by atoms with Crippen molar-refractivity contribution in [1.29, 1.82) is 0 Å². The Balaban J connectivity index is 1.69. The standard InChI is InChI=1S/C17H25N3S/c1-13-10-19-8-3-2-7-16(19)12-20(13)11-14-5-4-6-15(9-14)17(18)21/h4-6,9,13,16H,2-3,7-8,10-12H2,1H3,(H2,18,21). The Morgan fingerprint density at radius 3 is 3.00 bits per heavy atom. The molecule has 2 saturated heterocycles. The van der Waals surface area contributed by atoms with E-state index in [1.165, 1.54) is 44.5 Å². The van der Waals surface area contributed by atoms with Crippen LogP contribution in [0.1, 0.15) is 37.3 Å². The lowest BCUT2D eigenvalue weighted by molar-refractivity contribution is 0.0111. The van der Waals surface area contributed by atoms with Gasteiger partial charge in [0.25, 0.3) is 0 Å². The van der Waals surface area contributed by atoms with Crippen LogP contribution < -0.4 is 5.73 Å². The van der Waals surface area contributed by atoms with E-state index in [0.717, 1.165) is 18.2 Å². The Morgan fingerprint density at radius 2 is 2.19 bits per heavy atom. The minimum absolute atomic E-state index is 0.488. The monoisotopic (exact) mass is 303 g/mol. The van der Waals surface area contributed by atoms with Crippen molar-refractivity contribution in [1.82, 2.24) is 9.80 Å². The third kappa shape index (κ3) is 3.44. The summed E-state index contributed by atoms with van der Waals surface area (Å²) in [5, 5.41) is 0. The number of nitrogens with two attached hydrogens (primary N) is 1. The van der Waals surface area contributed by atoms with Gasteiger partial charge in [-0.25, -0.2) is 0 Å². The number of piperazine rings is 1. The van der Waals surface area contributed by atoms with Gasteiger partial charge in [-0.3, -0.25) is 9.80 Å². The van der Waals surface area contributed by atoms with Gasteiger partial charge in [0, 0.05) is 37.3 Å². The van der Waals surface area contributed by atoms with Crippen LogP contribution >= 0.6 is 12.2 Å². The molecule has 3 nitrogen and oxygen atoms in total. The summed E-state index contributed by atoms with van der Waals surface area (Å²) in [5.74, 6) is 0. The average molecular weight is 303 g/mol. The Bertz CT molecular complexity index is 517. The van der Waals surface area contributed by atoms with Crippen LogP contribution in [-0.4, -0.2) is 46.5 Å². The molecule has 0 spiro atoms. The van der Waals surface area contributed by atoms with Gasteiger partial charge in [-0.1, -0.05) is 36.8 Å². The van der Waals surface area contributed by atoms with Crippen molar-refractivity contribution in [2.75, 3.05) is 19.6 Å². The highest BCUT2D eigenvalue weighted by molar-refractivity contribution is 7.80. The fourth-order valence-corrected chi connectivity index (χ4v) is 3.82. The van der Waals surface area contributed by atoms with Crippen LogP contribution in [0.4, 0.5) is 0 Å². The lowest BCUT2D eigenvalue weighted by Gasteiger charge is -2.47. The van der Waals surface area contributed by atoms with Crippen LogP contribution in [0, 0.1) is 0 Å². The second kappa shape index (κ2) is 6.42. The van der Waals surface area contributed by atoms with Crippen LogP contribution in [0.15, 0.2) is 24.3 Å². The molecule has 114 valence electrons. The predicted octanol–water partition coefficient (Wildman–Crippen LogP) is 2.38. The zero-order chi connectivity index (χ0) is 14.8. The Morgan fingerprint density at radius 1 is 1.33 bits per heavy atom. The Hall–Kier alpha value is -0.970. The summed E-state index contributed by atoms with van der Waals surface area (Å²) in [5.41, 5.74) is 8.04. The maximum atomic E-state index is 5.74. The molecule has 2 N–H and O–H groups in total. The molecule has 2 atom stereocenters. The van der Waals surface area contributed by atoms with Gasteiger partial charge in [0.05, 0.1) is 0 Å². The number of nitrogens with zero attached hydrogens (tertiary/aromatic N) is 2. The topological polar surface area (TPSA) is 32.5 Å². The molecule has 1 aromatic carbocycles. The highest BCUT2D eigenvalue weighted by Gasteiger charge is 2.32. The van der Waals surface area contributed by atoms with E-state index >= 15 is 0 Å². The molecule has 2 unspecified atom stereocenters. The summed E-state index contributed by atoms with van der Waals surface area (Å²) < 4.78 is 0. The first-order valence-corrected chi connectivity index (χ1v) is 8.41. The van der Waals surface area contributed by atoms with Crippen molar-refractivity contribution in [2.24, 2.45) is 5.73 Å². The molecule has 0 saturated carbocycles. The van der Waals surface area contributed by atoms with Crippen LogP contribution in [0.3, 0.4) is 0 Å². The summed E-state index contributed by atoms with van der Waals surface area (Å²) in [4.78, 5) is 5.79. The zero-order valence-corrected chi connectivity index (χ0v) is 13.6. The largest absolute Gasteiger partial charge is 0.389 e. The molecule has 3 rings (SSSR count). The molecule has 1 aromatic rings. The molecule has 4 heteroatoms. The highest BCUT2D eigenvalue weighted by atomic mass is 32.1. The van der Waals surface area contributed by atoms with E-state index in [-0.39, 0.29) is 0 Å². The maximum absolute atomic E-state index is 5.74. The van der Waals surface area contributed by atoms with Crippen molar-refractivity contribution < 1.29 is 0 Å². The third-order valence-electron chi connectivity index (χ3n) is 4.91. The fraction of sp³-hybridized carbons (Fsp3) is 0.588. The molecule has 0 bridgehead atoms. The first-order chi connectivity index (χ1) is 10.1. The van der Waals surface area contributed by atoms with E-state index in [1.54, 1.807) is 0 Å². The number of piperidine rings is 1. The second-order valence-corrected chi connectivity index (χ2v) is 6.93. The SMILES string of the molecule is CC1CN2CCCCC2CN1Cc1cccc(C(N)=S)c1. The molecule has 2 aliphatic heterocycles. The Labute approximate surface area is 133 Å². The number of hydrogen-bond acceptors (Lipinski definition) is 3. The van der Waals surface area contributed by atoms with E-state index in [4.69, 9.17) is 18.0 Å². The highest BCUT2D eigenvalue weighted by Crippen LogP contribution is 2.25. The molecular formula is C17H25N3S. The lowest BCUT2D eigenvalue weighted by atomic mass is 9.96. The minimum Gasteiger partial charge on any atom is -0.389 e. The number of rotatable bonds is 3. The van der Waals surface area contributed by atoms with E-state index < -0.39 is 0 Å². The van der Waals surface area contributed by atoms with Crippen molar-refractivity contribution in [3.05, 3.63) is 35.4 Å². The van der Waals surface area contributed by atoms with Gasteiger partial charge < -0.3 is 5.73 Å². The van der Waals surface area contributed by atoms with Crippen LogP contribution in [0.2, 0.25) is 0 Å². The minimum atomic E-state index is 0.488. The van der Waals surface area contributed by atoms with E-state index in [1.807, 2.05) is 6.07 Å². The molecule has 0 aromatic heterocycles. The van der Waals surface area contributed by atoms with Gasteiger partial charge >= 0.3 is 0 Å². The van der Waals surface area contributed by atoms with Crippen LogP contribution in [0.5, 0.6) is 0 Å². The lowest BCUT2D eigenvalue weighted by Crippen LogP contribution is -2.58. The number of fused-ring (bicyclic) bond motifs is 1. The van der Waals surface area contributed by atoms with Crippen molar-refractivity contribution >= 4 is 17.2 Å². The zero-order valence-electron chi connectivity index (χ0n) is 12.8. The summed E-state index contributed by atoms with van der Waals surface area (Å²) in [6.45, 7) is 7.04. The molecule has 2 heterocycles. The van der Waals surface area contributed by atoms with E-state index in [2.05, 4.69) is 34.9 Å². The van der Waals surface area contributed by atoms with Crippen molar-refractivity contribution in [3.8, 4) is 0 Å². The number of thiocarbonyl (C=S) groups is 1. The van der Waals surface area contributed by atoms with E-state index in [9.17, 15) is 0 Å². The fourth-order valence-electron chi connectivity index (χ4n) is 3.69. The van der Waals surface area contributed by atoms with Crippen LogP contribution in [0.25, 0.3) is 0 Å². The summed E-state index contributed by atoms with van der Waals surface area (Å²) in [6, 6.07) is 9.76. The van der Waals surface area contributed by atoms with E-state index in [0.29, 0.717) is 11.0 Å². The second-order valence-electron chi connectivity index (χ2n) is 6.49. The van der Waals surface area contributed by atoms with Gasteiger partial charge in [0.1, 0.15) is 4.99 Å². The first-order valence-electron chi connectivity index (χ1n) is 8.00. The van der Waals surface area contributed by atoms with Gasteiger partial charge in [-0.2, -0.15) is 0 Å². The molecule has 2 aliphatic rings. The molecule has 0 radical (unpaired) electrons. The number of benzene rings is 1. The summed E-state index contributed by atoms with van der Waals surface area (Å²) in [7, 11) is 0. The average Bonchev–Trinajstić information content (AvgIpc) is 2.48.